The van der Waals surface area contributed by atoms with Gasteiger partial charge in [-0.05, 0) is 47.5 Å². The normalized spacial score (nSPS) is 15.1. The van der Waals surface area contributed by atoms with Crippen LogP contribution in [0.4, 0.5) is 10.5 Å². The van der Waals surface area contributed by atoms with Crippen LogP contribution in [0, 0.1) is 11.3 Å². The first-order chi connectivity index (χ1) is 15.4. The zero-order valence-electron chi connectivity index (χ0n) is 17.7. The molecule has 0 aromatic heterocycles. The molecule has 1 unspecified atom stereocenters. The molecule has 32 heavy (non-hydrogen) atoms. The van der Waals surface area contributed by atoms with Crippen LogP contribution in [-0.2, 0) is 36.6 Å². The van der Waals surface area contributed by atoms with Crippen molar-refractivity contribution in [2.75, 3.05) is 31.4 Å². The first-order valence-corrected chi connectivity index (χ1v) is 10.8. The van der Waals surface area contributed by atoms with Crippen molar-refractivity contribution in [3.05, 3.63) is 59.2 Å². The van der Waals surface area contributed by atoms with Crippen molar-refractivity contribution in [3.63, 3.8) is 0 Å². The molecule has 0 saturated carbocycles. The lowest BCUT2D eigenvalue weighted by Gasteiger charge is -2.13. The van der Waals surface area contributed by atoms with Crippen molar-refractivity contribution in [2.45, 2.75) is 23.8 Å². The molecule has 1 saturated heterocycles. The van der Waals surface area contributed by atoms with Crippen LogP contribution in [0.25, 0.3) is 0 Å². The molecule has 0 spiro atoms. The number of amides is 1. The highest BCUT2D eigenvalue weighted by molar-refractivity contribution is 7.99. The summed E-state index contributed by atoms with van der Waals surface area (Å²) in [5.41, 5.74) is 2.64. The maximum Gasteiger partial charge on any atom is 0.414 e. The predicted molar refractivity (Wildman–Crippen MR) is 117 cm³/mol. The number of thioether (sulfide) groups is 1. The Hall–Kier alpha value is -3.51. The summed E-state index contributed by atoms with van der Waals surface area (Å²) in [6.45, 7) is 0.384. The first kappa shape index (κ1) is 23.2. The summed E-state index contributed by atoms with van der Waals surface area (Å²) >= 11 is 1.47. The number of carbonyl (C=O) groups excluding carboxylic acids is 3. The lowest BCUT2D eigenvalue weighted by atomic mass is 10.1. The molecule has 8 nitrogen and oxygen atoms in total. The number of ether oxygens (including phenoxy) is 3. The zero-order chi connectivity index (χ0) is 23.1. The van der Waals surface area contributed by atoms with Gasteiger partial charge in [-0.25, -0.2) is 4.79 Å². The summed E-state index contributed by atoms with van der Waals surface area (Å²) in [6.07, 6.45) is -0.601. The van der Waals surface area contributed by atoms with Crippen molar-refractivity contribution in [1.29, 1.82) is 5.26 Å². The molecule has 1 amide bonds. The van der Waals surface area contributed by atoms with Crippen LogP contribution in [0.1, 0.15) is 16.7 Å². The van der Waals surface area contributed by atoms with Crippen LogP contribution >= 0.6 is 11.8 Å². The number of nitrogens with zero attached hydrogens (tertiary/aromatic N) is 2. The van der Waals surface area contributed by atoms with Crippen LogP contribution in [0.5, 0.6) is 0 Å². The smallest absolute Gasteiger partial charge is 0.414 e. The highest BCUT2D eigenvalue weighted by Crippen LogP contribution is 2.28. The Morgan fingerprint density at radius 3 is 2.22 bits per heavy atom. The predicted octanol–water partition coefficient (Wildman–Crippen LogP) is 3.11. The van der Waals surface area contributed by atoms with Crippen molar-refractivity contribution in [2.24, 2.45) is 0 Å². The Labute approximate surface area is 190 Å². The molecule has 0 bridgehead atoms. The minimum Gasteiger partial charge on any atom is -0.469 e. The molecule has 1 fully saturated rings. The molecule has 9 heteroatoms. The van der Waals surface area contributed by atoms with E-state index in [1.54, 1.807) is 30.3 Å². The highest BCUT2D eigenvalue weighted by atomic mass is 32.2. The largest absolute Gasteiger partial charge is 0.469 e. The molecule has 1 aliphatic heterocycles. The maximum atomic E-state index is 12.3. The number of carbonyl (C=O) groups is 3. The van der Waals surface area contributed by atoms with Crippen molar-refractivity contribution in [1.82, 2.24) is 0 Å². The van der Waals surface area contributed by atoms with Crippen molar-refractivity contribution < 1.29 is 28.6 Å². The van der Waals surface area contributed by atoms with E-state index in [-0.39, 0.29) is 30.9 Å². The molecule has 1 aliphatic rings. The third-order valence-electron chi connectivity index (χ3n) is 4.80. The number of nitriles is 1. The molecule has 2 aromatic carbocycles. The second-order valence-electron chi connectivity index (χ2n) is 7.08. The number of esters is 2. The monoisotopic (exact) mass is 454 g/mol. The van der Waals surface area contributed by atoms with Gasteiger partial charge in [-0.1, -0.05) is 6.07 Å². The van der Waals surface area contributed by atoms with Gasteiger partial charge in [-0.2, -0.15) is 5.26 Å². The standard InChI is InChI=1S/C23H22N2O6S/c1-29-21(26)10-16-7-17(11-22(27)30-2)9-20(8-16)32-14-19-13-25(23(28)31-19)18-5-3-15(12-24)4-6-18/h3-9,19H,10-11,13-14H2,1-2H3. The average Bonchev–Trinajstić information content (AvgIpc) is 3.17. The second-order valence-corrected chi connectivity index (χ2v) is 8.17. The Bertz CT molecular complexity index is 1010. The molecule has 3 rings (SSSR count). The molecule has 0 radical (unpaired) electrons. The number of methoxy groups -OCH3 is 2. The molecule has 0 N–H and O–H groups in total. The molecule has 2 aromatic rings. The summed E-state index contributed by atoms with van der Waals surface area (Å²) in [7, 11) is 2.65. The fourth-order valence-corrected chi connectivity index (χ4v) is 4.24. The van der Waals surface area contributed by atoms with Gasteiger partial charge in [0.1, 0.15) is 6.10 Å². The third-order valence-corrected chi connectivity index (χ3v) is 5.90. The summed E-state index contributed by atoms with van der Waals surface area (Å²) in [5.74, 6) is -0.254. The molecule has 0 aliphatic carbocycles. The molecule has 1 heterocycles. The van der Waals surface area contributed by atoms with E-state index in [1.165, 1.54) is 30.9 Å². The summed E-state index contributed by atoms with van der Waals surface area (Å²) < 4.78 is 15.0. The number of hydrogen-bond donors (Lipinski definition) is 0. The van der Waals surface area contributed by atoms with Gasteiger partial charge in [0.2, 0.25) is 0 Å². The van der Waals surface area contributed by atoms with Crippen LogP contribution < -0.4 is 4.90 Å². The lowest BCUT2D eigenvalue weighted by molar-refractivity contribution is -0.140. The molecular weight excluding hydrogens is 432 g/mol. The van der Waals surface area contributed by atoms with Gasteiger partial charge < -0.3 is 14.2 Å². The SMILES string of the molecule is COC(=O)Cc1cc(CC(=O)OC)cc(SCC2CN(c3ccc(C#N)cc3)C(=O)O2)c1. The van der Waals surface area contributed by atoms with Gasteiger partial charge in [0.15, 0.2) is 0 Å². The van der Waals surface area contributed by atoms with Crippen molar-refractivity contribution >= 4 is 35.5 Å². The van der Waals surface area contributed by atoms with Crippen LogP contribution in [-0.4, -0.2) is 50.7 Å². The van der Waals surface area contributed by atoms with Crippen LogP contribution in [0.2, 0.25) is 0 Å². The van der Waals surface area contributed by atoms with Gasteiger partial charge in [0, 0.05) is 16.3 Å². The van der Waals surface area contributed by atoms with E-state index in [9.17, 15) is 14.4 Å². The quantitative estimate of drug-likeness (QED) is 0.340. The van der Waals surface area contributed by atoms with E-state index < -0.39 is 6.09 Å². The maximum absolute atomic E-state index is 12.3. The van der Waals surface area contributed by atoms with E-state index in [2.05, 4.69) is 0 Å². The summed E-state index contributed by atoms with van der Waals surface area (Å²) in [4.78, 5) is 38.1. The number of hydrogen-bond acceptors (Lipinski definition) is 8. The van der Waals surface area contributed by atoms with Gasteiger partial charge in [0.25, 0.3) is 0 Å². The van der Waals surface area contributed by atoms with E-state index in [4.69, 9.17) is 19.5 Å². The first-order valence-electron chi connectivity index (χ1n) is 9.79. The number of cyclic esters (lactones) is 1. The van der Waals surface area contributed by atoms with Gasteiger partial charge >= 0.3 is 18.0 Å². The Kier molecular flexibility index (Phi) is 7.73. The number of anilines is 1. The van der Waals surface area contributed by atoms with Gasteiger partial charge in [-0.3, -0.25) is 14.5 Å². The van der Waals surface area contributed by atoms with Crippen LogP contribution in [0.3, 0.4) is 0 Å². The highest BCUT2D eigenvalue weighted by Gasteiger charge is 2.32. The molecule has 1 atom stereocenters. The van der Waals surface area contributed by atoms with E-state index >= 15 is 0 Å². The van der Waals surface area contributed by atoms with E-state index in [1.807, 2.05) is 18.2 Å². The fourth-order valence-electron chi connectivity index (χ4n) is 3.22. The Morgan fingerprint density at radius 1 is 1.09 bits per heavy atom. The summed E-state index contributed by atoms with van der Waals surface area (Å²) in [5, 5.41) is 8.92. The zero-order valence-corrected chi connectivity index (χ0v) is 18.5. The third kappa shape index (κ3) is 6.02. The van der Waals surface area contributed by atoms with E-state index in [0.717, 1.165) is 16.0 Å². The summed E-state index contributed by atoms with van der Waals surface area (Å²) in [6, 6.07) is 14.3. The molecule has 166 valence electrons. The van der Waals surface area contributed by atoms with Crippen molar-refractivity contribution in [3.8, 4) is 6.07 Å². The Morgan fingerprint density at radius 2 is 1.69 bits per heavy atom. The lowest BCUT2D eigenvalue weighted by Crippen LogP contribution is -2.24. The fraction of sp³-hybridized carbons (Fsp3) is 0.304. The second kappa shape index (κ2) is 10.7. The number of rotatable bonds is 8. The minimum atomic E-state index is -0.439. The van der Waals surface area contributed by atoms with Gasteiger partial charge in [-0.15, -0.1) is 11.8 Å². The Balaban J connectivity index is 1.68. The minimum absolute atomic E-state index is 0.0873. The topological polar surface area (TPSA) is 106 Å². The van der Waals surface area contributed by atoms with E-state index in [0.29, 0.717) is 23.5 Å². The molecular formula is C23H22N2O6S. The average molecular weight is 455 g/mol. The van der Waals surface area contributed by atoms with Gasteiger partial charge in [0.05, 0.1) is 45.2 Å². The number of benzene rings is 2. The van der Waals surface area contributed by atoms with Crippen LogP contribution in [0.15, 0.2) is 47.4 Å².